The molecule has 2 aliphatic heterocycles. The van der Waals surface area contributed by atoms with Crippen molar-refractivity contribution in [1.29, 1.82) is 0 Å². The lowest BCUT2D eigenvalue weighted by molar-refractivity contribution is -0.277. The lowest BCUT2D eigenvalue weighted by Gasteiger charge is -2.45. The Morgan fingerprint density at radius 3 is 2.19 bits per heavy atom. The van der Waals surface area contributed by atoms with Crippen LogP contribution in [-0.2, 0) is 28.2 Å². The van der Waals surface area contributed by atoms with Crippen LogP contribution in [0.2, 0.25) is 5.02 Å². The molecule has 2 heterocycles. The molecule has 1 amide bonds. The van der Waals surface area contributed by atoms with Crippen molar-refractivity contribution in [2.75, 3.05) is 19.6 Å². The second-order valence-electron chi connectivity index (χ2n) is 14.0. The van der Waals surface area contributed by atoms with E-state index < -0.39 is 11.9 Å². The molecule has 5 aromatic rings. The normalized spacial score (nSPS) is 21.8. The monoisotopic (exact) mass is 716 g/mol. The average Bonchev–Trinajstić information content (AvgIpc) is 3.19. The summed E-state index contributed by atoms with van der Waals surface area (Å²) in [5.74, 6) is -0.0458. The van der Waals surface area contributed by atoms with E-state index >= 15 is 0 Å². The number of likely N-dealkylation sites (tertiary alicyclic amines) is 1. The van der Waals surface area contributed by atoms with Gasteiger partial charge in [0.15, 0.2) is 6.29 Å². The average molecular weight is 717 g/mol. The number of piperidine rings is 1. The summed E-state index contributed by atoms with van der Waals surface area (Å²) >= 11 is 6.11. The largest absolute Gasteiger partial charge is 0.392 e. The summed E-state index contributed by atoms with van der Waals surface area (Å²) in [5.41, 5.74) is 6.63. The molecule has 268 valence electrons. The van der Waals surface area contributed by atoms with Gasteiger partial charge in [-0.15, -0.1) is 0 Å². The van der Waals surface area contributed by atoms with E-state index in [4.69, 9.17) is 21.1 Å². The molecule has 0 bridgehead atoms. The van der Waals surface area contributed by atoms with E-state index in [2.05, 4.69) is 53.5 Å². The SMILES string of the molecule is C[C@H]1[C@@H](CN2CCC(O)(c3ccc(Cl)cc3)CC2)O[C@@H](c2ccc(-c3cccc(CNC(=O)c4ccccc4)c3)cc2)O[C@H]1c1ccc(CO)cc1. The molecule has 0 unspecified atom stereocenters. The Hall–Kier alpha value is -4.34. The van der Waals surface area contributed by atoms with E-state index in [9.17, 15) is 15.0 Å². The first kappa shape index (κ1) is 36.0. The van der Waals surface area contributed by atoms with Crippen LogP contribution in [0.3, 0.4) is 0 Å². The second kappa shape index (κ2) is 16.1. The van der Waals surface area contributed by atoms with E-state index in [-0.39, 0.29) is 30.6 Å². The summed E-state index contributed by atoms with van der Waals surface area (Å²) in [4.78, 5) is 15.0. The van der Waals surface area contributed by atoms with Gasteiger partial charge in [0.2, 0.25) is 0 Å². The molecule has 2 fully saturated rings. The van der Waals surface area contributed by atoms with Crippen molar-refractivity contribution in [3.05, 3.63) is 166 Å². The molecular weight excluding hydrogens is 672 g/mol. The molecule has 2 saturated heterocycles. The summed E-state index contributed by atoms with van der Waals surface area (Å²) < 4.78 is 13.5. The Bertz CT molecular complexity index is 1930. The van der Waals surface area contributed by atoms with Crippen LogP contribution in [0.15, 0.2) is 127 Å². The fraction of sp³-hybridized carbons (Fsp3) is 0.295. The number of hydrogen-bond donors (Lipinski definition) is 3. The first-order chi connectivity index (χ1) is 25.3. The zero-order chi connectivity index (χ0) is 36.1. The summed E-state index contributed by atoms with van der Waals surface area (Å²) in [5, 5.41) is 24.8. The van der Waals surface area contributed by atoms with Gasteiger partial charge < -0.3 is 29.9 Å². The van der Waals surface area contributed by atoms with Crippen LogP contribution in [-0.4, -0.2) is 46.8 Å². The predicted octanol–water partition coefficient (Wildman–Crippen LogP) is 8.20. The minimum atomic E-state index is -0.875. The molecule has 3 N–H and O–H groups in total. The number of aliphatic hydroxyl groups is 2. The third kappa shape index (κ3) is 8.31. The first-order valence-electron chi connectivity index (χ1n) is 18.0. The Kier molecular flexibility index (Phi) is 11.2. The van der Waals surface area contributed by atoms with Crippen LogP contribution in [0.25, 0.3) is 11.1 Å². The Balaban J connectivity index is 1.05. The van der Waals surface area contributed by atoms with E-state index in [1.54, 1.807) is 0 Å². The highest BCUT2D eigenvalue weighted by molar-refractivity contribution is 6.30. The molecule has 7 nitrogen and oxygen atoms in total. The standard InChI is InChI=1S/C44H45ClN2O5/c1-30-40(28-47-24-22-44(50,23-25-47)38-18-20-39(45)21-19-38)51-43(52-41(30)34-12-10-31(29-48)11-13-34)36-16-14-33(15-17-36)37-9-5-6-32(26-37)27-46-42(49)35-7-3-2-4-8-35/h2-21,26,30,40-41,43,48,50H,22-25,27-29H2,1H3,(H,46,49)/t30-,40+,41+,43+/m0/s1. The lowest BCUT2D eigenvalue weighted by atomic mass is 9.84. The van der Waals surface area contributed by atoms with Crippen LogP contribution in [0.4, 0.5) is 0 Å². The van der Waals surface area contributed by atoms with E-state index in [1.165, 1.54) is 0 Å². The molecule has 0 aromatic heterocycles. The molecule has 0 spiro atoms. The van der Waals surface area contributed by atoms with Crippen molar-refractivity contribution in [1.82, 2.24) is 10.2 Å². The number of amides is 1. The summed E-state index contributed by atoms with van der Waals surface area (Å²) in [6.07, 6.45) is 0.348. The fourth-order valence-electron chi connectivity index (χ4n) is 7.30. The van der Waals surface area contributed by atoms with Crippen molar-refractivity contribution < 1.29 is 24.5 Å². The van der Waals surface area contributed by atoms with E-state index in [0.29, 0.717) is 36.5 Å². The van der Waals surface area contributed by atoms with Crippen LogP contribution in [0, 0.1) is 5.92 Å². The minimum absolute atomic E-state index is 0.00930. The zero-order valence-electron chi connectivity index (χ0n) is 29.3. The Morgan fingerprint density at radius 2 is 1.50 bits per heavy atom. The number of aliphatic hydroxyl groups excluding tert-OH is 1. The van der Waals surface area contributed by atoms with Crippen LogP contribution in [0.1, 0.15) is 70.3 Å². The Labute approximate surface area is 310 Å². The topological polar surface area (TPSA) is 91.3 Å². The van der Waals surface area contributed by atoms with Gasteiger partial charge in [-0.2, -0.15) is 0 Å². The van der Waals surface area contributed by atoms with Crippen molar-refractivity contribution in [3.8, 4) is 11.1 Å². The van der Waals surface area contributed by atoms with Gasteiger partial charge in [0.25, 0.3) is 5.91 Å². The molecule has 0 radical (unpaired) electrons. The van der Waals surface area contributed by atoms with Gasteiger partial charge >= 0.3 is 0 Å². The summed E-state index contributed by atoms with van der Waals surface area (Å²) in [6, 6.07) is 41.2. The van der Waals surface area contributed by atoms with Gasteiger partial charge in [-0.05, 0) is 76.6 Å². The maximum atomic E-state index is 12.6. The van der Waals surface area contributed by atoms with Gasteiger partial charge in [-0.3, -0.25) is 4.79 Å². The number of carbonyl (C=O) groups is 1. The van der Waals surface area contributed by atoms with E-state index in [1.807, 2.05) is 91.0 Å². The van der Waals surface area contributed by atoms with Gasteiger partial charge in [-0.25, -0.2) is 0 Å². The molecular formula is C44H45ClN2O5. The molecule has 4 atom stereocenters. The van der Waals surface area contributed by atoms with Crippen molar-refractivity contribution in [2.24, 2.45) is 5.92 Å². The third-order valence-electron chi connectivity index (χ3n) is 10.6. The molecule has 5 aromatic carbocycles. The molecule has 0 saturated carbocycles. The van der Waals surface area contributed by atoms with Crippen molar-refractivity contribution in [2.45, 2.75) is 57.0 Å². The fourth-order valence-corrected chi connectivity index (χ4v) is 7.43. The number of ether oxygens (including phenoxy) is 2. The third-order valence-corrected chi connectivity index (χ3v) is 10.8. The number of nitrogens with zero attached hydrogens (tertiary/aromatic N) is 1. The lowest BCUT2D eigenvalue weighted by Crippen LogP contribution is -2.49. The number of hydrogen-bond acceptors (Lipinski definition) is 6. The predicted molar refractivity (Wildman–Crippen MR) is 203 cm³/mol. The van der Waals surface area contributed by atoms with Gasteiger partial charge in [-0.1, -0.05) is 116 Å². The molecule has 8 heteroatoms. The van der Waals surface area contributed by atoms with Crippen molar-refractivity contribution >= 4 is 17.5 Å². The Morgan fingerprint density at radius 1 is 0.808 bits per heavy atom. The highest BCUT2D eigenvalue weighted by atomic mass is 35.5. The number of benzene rings is 5. The number of carbonyl (C=O) groups excluding carboxylic acids is 1. The van der Waals surface area contributed by atoms with E-state index in [0.717, 1.165) is 52.0 Å². The minimum Gasteiger partial charge on any atom is -0.392 e. The smallest absolute Gasteiger partial charge is 0.251 e. The van der Waals surface area contributed by atoms with Crippen molar-refractivity contribution in [3.63, 3.8) is 0 Å². The summed E-state index contributed by atoms with van der Waals surface area (Å²) in [7, 11) is 0. The molecule has 7 rings (SSSR count). The highest BCUT2D eigenvalue weighted by Crippen LogP contribution is 2.43. The van der Waals surface area contributed by atoms with Gasteiger partial charge in [0.1, 0.15) is 0 Å². The molecule has 2 aliphatic rings. The molecule has 0 aliphatic carbocycles. The van der Waals surface area contributed by atoms with Gasteiger partial charge in [0, 0.05) is 48.2 Å². The molecule has 52 heavy (non-hydrogen) atoms. The van der Waals surface area contributed by atoms with Crippen LogP contribution >= 0.6 is 11.6 Å². The second-order valence-corrected chi connectivity index (χ2v) is 14.5. The zero-order valence-corrected chi connectivity index (χ0v) is 30.1. The summed E-state index contributed by atoms with van der Waals surface area (Å²) in [6.45, 7) is 4.81. The number of nitrogens with one attached hydrogen (secondary N) is 1. The maximum absolute atomic E-state index is 12.6. The van der Waals surface area contributed by atoms with Gasteiger partial charge in [0.05, 0.1) is 24.4 Å². The number of rotatable bonds is 10. The first-order valence-corrected chi connectivity index (χ1v) is 18.4. The van der Waals surface area contributed by atoms with Crippen LogP contribution < -0.4 is 5.32 Å². The highest BCUT2D eigenvalue weighted by Gasteiger charge is 2.41. The maximum Gasteiger partial charge on any atom is 0.251 e. The quantitative estimate of drug-likeness (QED) is 0.135. The van der Waals surface area contributed by atoms with Crippen LogP contribution in [0.5, 0.6) is 0 Å². The number of halogens is 1.